The molecule has 0 radical (unpaired) electrons. The Kier molecular flexibility index (Phi) is 9.49. The Morgan fingerprint density at radius 2 is 1.22 bits per heavy atom. The van der Waals surface area contributed by atoms with Gasteiger partial charge >= 0.3 is 11.3 Å². The van der Waals surface area contributed by atoms with E-state index in [1.165, 1.54) is 26.2 Å². The first-order valence-corrected chi connectivity index (χ1v) is 23.5. The van der Waals surface area contributed by atoms with Crippen LogP contribution in [-0.2, 0) is 10.8 Å². The summed E-state index contributed by atoms with van der Waals surface area (Å²) in [6.07, 6.45) is 2.13. The van der Waals surface area contributed by atoms with Gasteiger partial charge in [-0.05, 0) is 129 Å². The van der Waals surface area contributed by atoms with Crippen molar-refractivity contribution in [2.24, 2.45) is 0 Å². The van der Waals surface area contributed by atoms with Gasteiger partial charge in [0.15, 0.2) is 0 Å². The molecule has 0 atom stereocenters. The van der Waals surface area contributed by atoms with Crippen LogP contribution in [0, 0.1) is 0 Å². The highest BCUT2D eigenvalue weighted by Gasteiger charge is 2.42. The highest BCUT2D eigenvalue weighted by molar-refractivity contribution is 7.31. The minimum absolute atomic E-state index is 0.0379. The van der Waals surface area contributed by atoms with Crippen LogP contribution < -0.4 is 25.6 Å². The number of benzene rings is 4. The normalized spacial score (nSPS) is 15.9. The fraction of sp³-hybridized carbons (Fsp3) is 0.333. The van der Waals surface area contributed by atoms with Crippen LogP contribution in [0.5, 0.6) is 11.5 Å². The number of hydrogen-bond acceptors (Lipinski definition) is 9. The lowest BCUT2D eigenvalue weighted by atomic mass is 9.69. The summed E-state index contributed by atoms with van der Waals surface area (Å²) in [7, 11) is 0. The fourth-order valence-corrected chi connectivity index (χ4v) is 11.7. The van der Waals surface area contributed by atoms with Gasteiger partial charge in [-0.25, -0.2) is 9.59 Å². The second-order valence-electron chi connectivity index (χ2n) is 20.6. The SMILES string of the molecule is CC(C)(C)Oc1cc(OC(C)(C)C)c2cc(-c3cccc(-c4cc5sc(-c6ccc(-c7cc8cc9c%10c(c8oc7=O)C(C)(C)CCN%10CCC9(C)C)cc6)cc5s4)c3)c(=O)oc2c1. The Morgan fingerprint density at radius 1 is 0.619 bits per heavy atom. The van der Waals surface area contributed by atoms with E-state index < -0.39 is 16.8 Å². The summed E-state index contributed by atoms with van der Waals surface area (Å²) in [5.41, 5.74) is 8.04. The van der Waals surface area contributed by atoms with Crippen molar-refractivity contribution in [1.29, 1.82) is 0 Å². The van der Waals surface area contributed by atoms with E-state index in [-0.39, 0.29) is 16.5 Å². The quantitative estimate of drug-likeness (QED) is 0.154. The molecule has 7 nitrogen and oxygen atoms in total. The smallest absolute Gasteiger partial charge is 0.344 e. The third kappa shape index (κ3) is 7.57. The maximum atomic E-state index is 13.8. The maximum absolute atomic E-state index is 13.8. The Balaban J connectivity index is 0.941. The number of hydrogen-bond donors (Lipinski definition) is 0. The first-order chi connectivity index (χ1) is 29.7. The molecular weight excluding hydrogens is 823 g/mol. The standard InChI is InChI=1S/C54H53NO6S2/c1-51(2,3)60-35-25-40-38(41(26-35)61-52(4,5)6)27-37(49(56)58-40)32-12-11-13-33(22-32)43-29-45-44(63-43)28-42(62-45)31-16-14-30(15-17-31)36-23-34-24-39-47-46(48(34)59-50(36)57)54(9,10)19-21-55(47)20-18-53(39,7)8/h11-17,22-29H,18-21H2,1-10H3. The highest BCUT2D eigenvalue weighted by Crippen LogP contribution is 2.52. The molecule has 2 aliphatic rings. The zero-order valence-corrected chi connectivity index (χ0v) is 39.3. The molecular formula is C54H53NO6S2. The Morgan fingerprint density at radius 3 is 1.90 bits per heavy atom. The molecule has 2 aliphatic heterocycles. The van der Waals surface area contributed by atoms with Crippen LogP contribution in [-0.4, -0.2) is 24.3 Å². The van der Waals surface area contributed by atoms with Gasteiger partial charge in [0.2, 0.25) is 0 Å². The topological polar surface area (TPSA) is 82.1 Å². The zero-order chi connectivity index (χ0) is 44.4. The summed E-state index contributed by atoms with van der Waals surface area (Å²) in [4.78, 5) is 32.1. The Labute approximate surface area is 375 Å². The first kappa shape index (κ1) is 41.4. The molecule has 0 saturated heterocycles. The van der Waals surface area contributed by atoms with E-state index in [0.29, 0.717) is 33.6 Å². The van der Waals surface area contributed by atoms with Crippen LogP contribution in [0.15, 0.2) is 109 Å². The van der Waals surface area contributed by atoms with Gasteiger partial charge in [-0.1, -0.05) is 70.2 Å². The average molecular weight is 876 g/mol. The van der Waals surface area contributed by atoms with Crippen LogP contribution in [0.4, 0.5) is 5.69 Å². The Bertz CT molecular complexity index is 3220. The summed E-state index contributed by atoms with van der Waals surface area (Å²) in [5.74, 6) is 1.17. The number of anilines is 1. The highest BCUT2D eigenvalue weighted by atomic mass is 32.1. The molecule has 322 valence electrons. The predicted octanol–water partition coefficient (Wildman–Crippen LogP) is 14.4. The summed E-state index contributed by atoms with van der Waals surface area (Å²) >= 11 is 3.48. The van der Waals surface area contributed by atoms with Crippen LogP contribution >= 0.6 is 22.7 Å². The Hall–Kier alpha value is -5.64. The third-order valence-corrected chi connectivity index (χ3v) is 14.9. The summed E-state index contributed by atoms with van der Waals surface area (Å²) in [5, 5.41) is 1.70. The minimum atomic E-state index is -0.483. The van der Waals surface area contributed by atoms with E-state index in [1.807, 2.05) is 77.9 Å². The van der Waals surface area contributed by atoms with Crippen LogP contribution in [0.25, 0.3) is 74.5 Å². The van der Waals surface area contributed by atoms with Gasteiger partial charge in [-0.15, -0.1) is 22.7 Å². The van der Waals surface area contributed by atoms with Crippen molar-refractivity contribution in [3.63, 3.8) is 0 Å². The molecule has 8 aromatic rings. The number of nitrogens with zero attached hydrogens (tertiary/aromatic N) is 1. The largest absolute Gasteiger partial charge is 0.488 e. The lowest BCUT2D eigenvalue weighted by Gasteiger charge is -2.48. The van der Waals surface area contributed by atoms with Gasteiger partial charge in [0.1, 0.15) is 33.9 Å². The number of ether oxygens (including phenoxy) is 2. The first-order valence-electron chi connectivity index (χ1n) is 21.9. The van der Waals surface area contributed by atoms with Crippen molar-refractivity contribution >= 4 is 59.7 Å². The van der Waals surface area contributed by atoms with Gasteiger partial charge in [0.25, 0.3) is 0 Å². The lowest BCUT2D eigenvalue weighted by molar-refractivity contribution is 0.122. The second kappa shape index (κ2) is 14.4. The fourth-order valence-electron chi connectivity index (χ4n) is 9.32. The van der Waals surface area contributed by atoms with E-state index >= 15 is 0 Å². The third-order valence-electron chi connectivity index (χ3n) is 12.5. The summed E-state index contributed by atoms with van der Waals surface area (Å²) in [6, 6.07) is 30.6. The molecule has 0 bridgehead atoms. The van der Waals surface area contributed by atoms with Crippen molar-refractivity contribution < 1.29 is 18.3 Å². The summed E-state index contributed by atoms with van der Waals surface area (Å²) in [6.45, 7) is 23.2. The van der Waals surface area contributed by atoms with E-state index in [2.05, 4.69) is 81.1 Å². The molecule has 6 heterocycles. The van der Waals surface area contributed by atoms with Gasteiger partial charge in [0, 0.05) is 61.0 Å². The van der Waals surface area contributed by atoms with Gasteiger partial charge in [0.05, 0.1) is 16.5 Å². The molecule has 0 amide bonds. The van der Waals surface area contributed by atoms with E-state index in [4.69, 9.17) is 18.3 Å². The van der Waals surface area contributed by atoms with Gasteiger partial charge in [-0.2, -0.15) is 0 Å². The summed E-state index contributed by atoms with van der Waals surface area (Å²) < 4.78 is 27.2. The number of fused-ring (bicyclic) bond motifs is 4. The maximum Gasteiger partial charge on any atom is 0.344 e. The molecule has 0 fully saturated rings. The van der Waals surface area contributed by atoms with Gasteiger partial charge in [-0.3, -0.25) is 0 Å². The second-order valence-corrected chi connectivity index (χ2v) is 22.8. The van der Waals surface area contributed by atoms with E-state index in [0.717, 1.165) is 68.9 Å². The van der Waals surface area contributed by atoms with Crippen molar-refractivity contribution in [2.45, 2.75) is 104 Å². The number of rotatable bonds is 6. The predicted molar refractivity (Wildman–Crippen MR) is 262 cm³/mol. The zero-order valence-electron chi connectivity index (χ0n) is 37.7. The van der Waals surface area contributed by atoms with Gasteiger partial charge < -0.3 is 23.2 Å². The minimum Gasteiger partial charge on any atom is -0.488 e. The molecule has 0 aliphatic carbocycles. The van der Waals surface area contributed by atoms with Crippen molar-refractivity contribution in [1.82, 2.24) is 0 Å². The molecule has 63 heavy (non-hydrogen) atoms. The van der Waals surface area contributed by atoms with Crippen molar-refractivity contribution in [2.75, 3.05) is 18.0 Å². The molecule has 4 aromatic carbocycles. The molecule has 0 N–H and O–H groups in total. The van der Waals surface area contributed by atoms with E-state index in [1.54, 1.807) is 28.7 Å². The van der Waals surface area contributed by atoms with E-state index in [9.17, 15) is 9.59 Å². The van der Waals surface area contributed by atoms with Crippen LogP contribution in [0.3, 0.4) is 0 Å². The molecule has 0 unspecified atom stereocenters. The lowest BCUT2D eigenvalue weighted by Crippen LogP contribution is -2.44. The molecule has 0 saturated carbocycles. The van der Waals surface area contributed by atoms with Crippen LogP contribution in [0.1, 0.15) is 93.2 Å². The number of thiophene rings is 2. The molecule has 4 aromatic heterocycles. The average Bonchev–Trinajstić information content (AvgIpc) is 3.79. The molecule has 9 heteroatoms. The van der Waals surface area contributed by atoms with Crippen LogP contribution in [0.2, 0.25) is 0 Å². The molecule has 0 spiro atoms. The monoisotopic (exact) mass is 875 g/mol. The van der Waals surface area contributed by atoms with Crippen molar-refractivity contribution in [3.8, 4) is 54.6 Å². The molecule has 10 rings (SSSR count). The van der Waals surface area contributed by atoms with Crippen molar-refractivity contribution in [3.05, 3.63) is 123 Å².